The molecule has 1 fully saturated rings. The molecule has 0 aromatic carbocycles. The third kappa shape index (κ3) is 5.09. The second kappa shape index (κ2) is 7.22. The molecule has 1 amide bonds. The Morgan fingerprint density at radius 1 is 1.32 bits per heavy atom. The van der Waals surface area contributed by atoms with Gasteiger partial charge in [-0.05, 0) is 26.7 Å². The first kappa shape index (κ1) is 16.4. The highest BCUT2D eigenvalue weighted by molar-refractivity contribution is 5.82. The molecule has 2 N–H and O–H groups in total. The fourth-order valence-corrected chi connectivity index (χ4v) is 2.69. The molecule has 1 heterocycles. The van der Waals surface area contributed by atoms with Gasteiger partial charge in [-0.25, -0.2) is 0 Å². The summed E-state index contributed by atoms with van der Waals surface area (Å²) in [5, 5.41) is 12.1. The van der Waals surface area contributed by atoms with Gasteiger partial charge >= 0.3 is 0 Å². The zero-order valence-corrected chi connectivity index (χ0v) is 12.7. The zero-order chi connectivity index (χ0) is 14.6. The van der Waals surface area contributed by atoms with Crippen LogP contribution in [0.25, 0.3) is 0 Å². The molecule has 1 saturated heterocycles. The maximum Gasteiger partial charge on any atom is 0.237 e. The molecule has 0 radical (unpaired) electrons. The highest BCUT2D eigenvalue weighted by Gasteiger charge is 2.33. The van der Waals surface area contributed by atoms with Crippen molar-refractivity contribution in [1.82, 2.24) is 10.2 Å². The standard InChI is InChI=1S/C14H28N2O3/c1-9(2)13(14(18)15-6-10(3)17)16-7-11(4)19-12(5)8-16/h9-13,17H,6-8H2,1-5H3,(H,15,18). The first-order valence-electron chi connectivity index (χ1n) is 7.16. The van der Waals surface area contributed by atoms with Gasteiger partial charge in [-0.1, -0.05) is 13.8 Å². The van der Waals surface area contributed by atoms with Gasteiger partial charge in [0, 0.05) is 19.6 Å². The van der Waals surface area contributed by atoms with Crippen molar-refractivity contribution < 1.29 is 14.6 Å². The van der Waals surface area contributed by atoms with E-state index in [0.29, 0.717) is 6.54 Å². The number of ether oxygens (including phenoxy) is 1. The van der Waals surface area contributed by atoms with E-state index in [4.69, 9.17) is 4.74 Å². The van der Waals surface area contributed by atoms with Crippen molar-refractivity contribution in [1.29, 1.82) is 0 Å². The van der Waals surface area contributed by atoms with Crippen LogP contribution in [0, 0.1) is 5.92 Å². The van der Waals surface area contributed by atoms with E-state index in [0.717, 1.165) is 13.1 Å². The summed E-state index contributed by atoms with van der Waals surface area (Å²) in [7, 11) is 0. The van der Waals surface area contributed by atoms with Crippen molar-refractivity contribution in [2.24, 2.45) is 5.92 Å². The number of carbonyl (C=O) groups excluding carboxylic acids is 1. The molecule has 19 heavy (non-hydrogen) atoms. The average Bonchev–Trinajstić information content (AvgIpc) is 2.24. The second-order valence-electron chi connectivity index (χ2n) is 5.99. The predicted molar refractivity (Wildman–Crippen MR) is 74.9 cm³/mol. The molecular formula is C14H28N2O3. The Morgan fingerprint density at radius 3 is 2.26 bits per heavy atom. The molecule has 0 aliphatic carbocycles. The molecule has 1 aliphatic rings. The van der Waals surface area contributed by atoms with Gasteiger partial charge in [0.1, 0.15) is 0 Å². The molecule has 0 aromatic rings. The van der Waals surface area contributed by atoms with Crippen LogP contribution in [0.2, 0.25) is 0 Å². The Kier molecular flexibility index (Phi) is 6.23. The van der Waals surface area contributed by atoms with Crippen molar-refractivity contribution >= 4 is 5.91 Å². The number of amides is 1. The molecular weight excluding hydrogens is 244 g/mol. The number of aliphatic hydroxyl groups is 1. The number of morpholine rings is 1. The Balaban J connectivity index is 2.68. The smallest absolute Gasteiger partial charge is 0.237 e. The lowest BCUT2D eigenvalue weighted by molar-refractivity contribution is -0.135. The van der Waals surface area contributed by atoms with Crippen molar-refractivity contribution in [3.63, 3.8) is 0 Å². The summed E-state index contributed by atoms with van der Waals surface area (Å²) in [6.45, 7) is 11.7. The minimum Gasteiger partial charge on any atom is -0.392 e. The van der Waals surface area contributed by atoms with E-state index in [1.807, 2.05) is 13.8 Å². The van der Waals surface area contributed by atoms with Crippen LogP contribution in [-0.4, -0.2) is 59.9 Å². The summed E-state index contributed by atoms with van der Waals surface area (Å²) in [4.78, 5) is 14.5. The predicted octanol–water partition coefficient (Wildman–Crippen LogP) is 0.617. The Morgan fingerprint density at radius 2 is 1.84 bits per heavy atom. The van der Waals surface area contributed by atoms with Gasteiger partial charge < -0.3 is 15.2 Å². The van der Waals surface area contributed by atoms with Gasteiger partial charge in [0.2, 0.25) is 5.91 Å². The van der Waals surface area contributed by atoms with Crippen LogP contribution >= 0.6 is 0 Å². The molecule has 0 saturated carbocycles. The molecule has 5 nitrogen and oxygen atoms in total. The fraction of sp³-hybridized carbons (Fsp3) is 0.929. The topological polar surface area (TPSA) is 61.8 Å². The van der Waals surface area contributed by atoms with Crippen LogP contribution in [0.3, 0.4) is 0 Å². The van der Waals surface area contributed by atoms with Gasteiger partial charge in [0.25, 0.3) is 0 Å². The summed E-state index contributed by atoms with van der Waals surface area (Å²) < 4.78 is 5.71. The summed E-state index contributed by atoms with van der Waals surface area (Å²) in [6.07, 6.45) is -0.219. The molecule has 112 valence electrons. The van der Waals surface area contributed by atoms with Crippen LogP contribution < -0.4 is 5.32 Å². The summed E-state index contributed by atoms with van der Waals surface area (Å²) in [6, 6.07) is -0.160. The van der Waals surface area contributed by atoms with Crippen LogP contribution in [0.1, 0.15) is 34.6 Å². The molecule has 1 rings (SSSR count). The number of hydrogen-bond acceptors (Lipinski definition) is 4. The average molecular weight is 272 g/mol. The van der Waals surface area contributed by atoms with Gasteiger partial charge in [-0.15, -0.1) is 0 Å². The van der Waals surface area contributed by atoms with Crippen LogP contribution in [0.4, 0.5) is 0 Å². The minimum absolute atomic E-state index is 0.00259. The van der Waals surface area contributed by atoms with Crippen LogP contribution in [0.15, 0.2) is 0 Å². The van der Waals surface area contributed by atoms with E-state index in [1.165, 1.54) is 0 Å². The van der Waals surface area contributed by atoms with Gasteiger partial charge in [0.15, 0.2) is 0 Å². The van der Waals surface area contributed by atoms with E-state index >= 15 is 0 Å². The lowest BCUT2D eigenvalue weighted by Gasteiger charge is -2.41. The number of aliphatic hydroxyl groups excluding tert-OH is 1. The normalized spacial score (nSPS) is 28.2. The third-order valence-electron chi connectivity index (χ3n) is 3.31. The van der Waals surface area contributed by atoms with Gasteiger partial charge in [-0.2, -0.15) is 0 Å². The van der Waals surface area contributed by atoms with Crippen LogP contribution in [0.5, 0.6) is 0 Å². The van der Waals surface area contributed by atoms with Crippen molar-refractivity contribution in [2.45, 2.75) is 59.0 Å². The van der Waals surface area contributed by atoms with E-state index < -0.39 is 6.10 Å². The minimum atomic E-state index is -0.515. The van der Waals surface area contributed by atoms with E-state index in [1.54, 1.807) is 6.92 Å². The van der Waals surface area contributed by atoms with E-state index in [-0.39, 0.29) is 30.1 Å². The number of hydrogen-bond donors (Lipinski definition) is 2. The fourth-order valence-electron chi connectivity index (χ4n) is 2.69. The Hall–Kier alpha value is -0.650. The zero-order valence-electron chi connectivity index (χ0n) is 12.7. The molecule has 5 heteroatoms. The van der Waals surface area contributed by atoms with E-state index in [2.05, 4.69) is 24.1 Å². The van der Waals surface area contributed by atoms with Crippen molar-refractivity contribution in [2.75, 3.05) is 19.6 Å². The highest BCUT2D eigenvalue weighted by atomic mass is 16.5. The van der Waals surface area contributed by atoms with Crippen LogP contribution in [-0.2, 0) is 9.53 Å². The van der Waals surface area contributed by atoms with Crippen molar-refractivity contribution in [3.05, 3.63) is 0 Å². The summed E-state index contributed by atoms with van der Waals surface area (Å²) in [5.41, 5.74) is 0. The number of nitrogens with one attached hydrogen (secondary N) is 1. The number of rotatable bonds is 5. The van der Waals surface area contributed by atoms with Crippen molar-refractivity contribution in [3.8, 4) is 0 Å². The monoisotopic (exact) mass is 272 g/mol. The molecule has 1 aliphatic heterocycles. The van der Waals surface area contributed by atoms with Gasteiger partial charge in [-0.3, -0.25) is 9.69 Å². The lowest BCUT2D eigenvalue weighted by atomic mass is 9.99. The summed E-state index contributed by atoms with van der Waals surface area (Å²) >= 11 is 0. The number of nitrogens with zero attached hydrogens (tertiary/aromatic N) is 1. The Labute approximate surface area is 116 Å². The van der Waals surface area contributed by atoms with Gasteiger partial charge in [0.05, 0.1) is 24.4 Å². The molecule has 0 bridgehead atoms. The Bertz CT molecular complexity index is 284. The molecule has 4 unspecified atom stereocenters. The lowest BCUT2D eigenvalue weighted by Crippen LogP contribution is -2.57. The molecule has 4 atom stereocenters. The maximum absolute atomic E-state index is 12.3. The highest BCUT2D eigenvalue weighted by Crippen LogP contribution is 2.18. The first-order valence-corrected chi connectivity index (χ1v) is 7.16. The molecule has 0 aromatic heterocycles. The SMILES string of the molecule is CC(O)CNC(=O)C(C(C)C)N1CC(C)OC(C)C1. The number of carbonyl (C=O) groups is 1. The first-order chi connectivity index (χ1) is 8.81. The maximum atomic E-state index is 12.3. The largest absolute Gasteiger partial charge is 0.392 e. The second-order valence-corrected chi connectivity index (χ2v) is 5.99. The third-order valence-corrected chi connectivity index (χ3v) is 3.31. The summed E-state index contributed by atoms with van der Waals surface area (Å²) in [5.74, 6) is 0.226. The van der Waals surface area contributed by atoms with E-state index in [9.17, 15) is 9.90 Å². The molecule has 0 spiro atoms. The quantitative estimate of drug-likeness (QED) is 0.770.